The number of hydrogen-bond donors (Lipinski definition) is 1. The van der Waals surface area contributed by atoms with Crippen molar-refractivity contribution in [3.05, 3.63) is 11.4 Å². The highest BCUT2D eigenvalue weighted by molar-refractivity contribution is 5.79. The van der Waals surface area contributed by atoms with E-state index in [1.807, 2.05) is 0 Å². The Morgan fingerprint density at radius 1 is 1.11 bits per heavy atom. The molecule has 1 aliphatic carbocycles. The number of nitrogens with zero attached hydrogens (tertiary/aromatic N) is 3. The van der Waals surface area contributed by atoms with Crippen LogP contribution in [0, 0.1) is 5.92 Å². The fraction of sp³-hybridized carbons (Fsp3) is 0.769. The van der Waals surface area contributed by atoms with Crippen molar-refractivity contribution in [3.8, 4) is 0 Å². The minimum atomic E-state index is 0.126. The van der Waals surface area contributed by atoms with Crippen LogP contribution in [-0.2, 0) is 17.6 Å². The Kier molecular flexibility index (Phi) is 3.30. The van der Waals surface area contributed by atoms with Crippen LogP contribution in [0.5, 0.6) is 0 Å². The first-order chi connectivity index (χ1) is 8.84. The second kappa shape index (κ2) is 5.08. The number of hydrogen-bond acceptors (Lipinski definition) is 3. The Balaban J connectivity index is 1.66. The zero-order valence-electron chi connectivity index (χ0n) is 10.7. The Hall–Kier alpha value is -1.39. The van der Waals surface area contributed by atoms with Gasteiger partial charge in [-0.1, -0.05) is 12.8 Å². The van der Waals surface area contributed by atoms with E-state index in [4.69, 9.17) is 0 Å². The third kappa shape index (κ3) is 2.26. The van der Waals surface area contributed by atoms with Gasteiger partial charge < -0.3 is 4.90 Å². The number of rotatable bonds is 1. The molecule has 1 fully saturated rings. The van der Waals surface area contributed by atoms with Gasteiger partial charge in [-0.2, -0.15) is 15.4 Å². The molecule has 1 amide bonds. The molecule has 1 aliphatic heterocycles. The summed E-state index contributed by atoms with van der Waals surface area (Å²) in [5, 5.41) is 10.9. The van der Waals surface area contributed by atoms with Crippen molar-refractivity contribution in [1.82, 2.24) is 20.3 Å². The first-order valence-corrected chi connectivity index (χ1v) is 7.02. The van der Waals surface area contributed by atoms with E-state index in [0.717, 1.165) is 56.6 Å². The van der Waals surface area contributed by atoms with Gasteiger partial charge in [-0.25, -0.2) is 0 Å². The molecular weight excluding hydrogens is 228 g/mol. The van der Waals surface area contributed by atoms with Crippen molar-refractivity contribution in [3.63, 3.8) is 0 Å². The maximum absolute atomic E-state index is 12.5. The van der Waals surface area contributed by atoms with Gasteiger partial charge in [0.15, 0.2) is 0 Å². The van der Waals surface area contributed by atoms with Crippen molar-refractivity contribution >= 4 is 5.91 Å². The molecular formula is C13H20N4O. The lowest BCUT2D eigenvalue weighted by Crippen LogP contribution is -2.39. The number of amides is 1. The minimum absolute atomic E-state index is 0.126. The number of carbonyl (C=O) groups is 1. The van der Waals surface area contributed by atoms with Gasteiger partial charge in [-0.15, -0.1) is 0 Å². The number of fused-ring (bicyclic) bond motifs is 1. The van der Waals surface area contributed by atoms with E-state index in [0.29, 0.717) is 5.91 Å². The number of aromatic nitrogens is 3. The van der Waals surface area contributed by atoms with Crippen LogP contribution < -0.4 is 0 Å². The van der Waals surface area contributed by atoms with E-state index >= 15 is 0 Å². The maximum atomic E-state index is 12.5. The predicted molar refractivity (Wildman–Crippen MR) is 66.9 cm³/mol. The lowest BCUT2D eigenvalue weighted by atomic mass is 9.88. The average Bonchev–Trinajstić information content (AvgIpc) is 2.69. The summed E-state index contributed by atoms with van der Waals surface area (Å²) < 4.78 is 0. The van der Waals surface area contributed by atoms with Crippen LogP contribution in [0.25, 0.3) is 0 Å². The Morgan fingerprint density at radius 2 is 1.83 bits per heavy atom. The van der Waals surface area contributed by atoms with Crippen LogP contribution >= 0.6 is 0 Å². The number of aryl methyl sites for hydroxylation is 1. The van der Waals surface area contributed by atoms with E-state index in [1.54, 1.807) is 0 Å². The topological polar surface area (TPSA) is 61.9 Å². The van der Waals surface area contributed by atoms with Gasteiger partial charge in [0.05, 0.1) is 11.4 Å². The maximum Gasteiger partial charge on any atom is 0.226 e. The van der Waals surface area contributed by atoms with Crippen molar-refractivity contribution in [2.24, 2.45) is 5.92 Å². The van der Waals surface area contributed by atoms with Crippen LogP contribution in [0.2, 0.25) is 0 Å². The average molecular weight is 248 g/mol. The van der Waals surface area contributed by atoms with Crippen molar-refractivity contribution in [2.45, 2.75) is 44.9 Å². The van der Waals surface area contributed by atoms with Crippen molar-refractivity contribution in [2.75, 3.05) is 13.1 Å². The monoisotopic (exact) mass is 248 g/mol. The van der Waals surface area contributed by atoms with E-state index in [9.17, 15) is 4.79 Å². The molecule has 1 aromatic heterocycles. The van der Waals surface area contributed by atoms with Crippen LogP contribution in [0.3, 0.4) is 0 Å². The third-order valence-electron chi connectivity index (χ3n) is 4.14. The standard InChI is InChI=1S/C13H20N4O/c18-13(17-7-3-1-2-4-8-17)10-5-6-11-12(9-10)15-16-14-11/h10H,1-9H2,(H,14,15,16). The molecule has 5 heteroatoms. The van der Waals surface area contributed by atoms with E-state index < -0.39 is 0 Å². The smallest absolute Gasteiger partial charge is 0.226 e. The summed E-state index contributed by atoms with van der Waals surface area (Å²) in [6.07, 6.45) is 7.43. The Morgan fingerprint density at radius 3 is 2.61 bits per heavy atom. The molecule has 3 rings (SSSR count). The second-order valence-corrected chi connectivity index (χ2v) is 5.40. The Labute approximate surface area is 107 Å². The number of carbonyl (C=O) groups excluding carboxylic acids is 1. The molecule has 1 N–H and O–H groups in total. The summed E-state index contributed by atoms with van der Waals surface area (Å²) in [6.45, 7) is 1.89. The minimum Gasteiger partial charge on any atom is -0.342 e. The van der Waals surface area contributed by atoms with E-state index in [1.165, 1.54) is 12.8 Å². The molecule has 5 nitrogen and oxygen atoms in total. The lowest BCUT2D eigenvalue weighted by Gasteiger charge is -2.27. The first-order valence-electron chi connectivity index (χ1n) is 7.02. The van der Waals surface area contributed by atoms with Crippen LogP contribution in [-0.4, -0.2) is 39.3 Å². The molecule has 1 unspecified atom stereocenters. The fourth-order valence-electron chi connectivity index (χ4n) is 3.04. The van der Waals surface area contributed by atoms with E-state index in [2.05, 4.69) is 20.3 Å². The van der Waals surface area contributed by atoms with Gasteiger partial charge in [0.2, 0.25) is 5.91 Å². The van der Waals surface area contributed by atoms with Crippen LogP contribution in [0.15, 0.2) is 0 Å². The first kappa shape index (κ1) is 11.7. The van der Waals surface area contributed by atoms with Crippen LogP contribution in [0.4, 0.5) is 0 Å². The fourth-order valence-corrected chi connectivity index (χ4v) is 3.04. The molecule has 2 aliphatic rings. The summed E-state index contributed by atoms with van der Waals surface area (Å²) >= 11 is 0. The van der Waals surface area contributed by atoms with Gasteiger partial charge in [-0.05, 0) is 25.7 Å². The number of nitrogens with one attached hydrogen (secondary N) is 1. The molecule has 0 radical (unpaired) electrons. The Bertz CT molecular complexity index is 420. The highest BCUT2D eigenvalue weighted by Crippen LogP contribution is 2.25. The van der Waals surface area contributed by atoms with Gasteiger partial charge in [0.1, 0.15) is 0 Å². The molecule has 1 aromatic rings. The number of aromatic amines is 1. The normalized spacial score (nSPS) is 24.4. The molecule has 2 heterocycles. The summed E-state index contributed by atoms with van der Waals surface area (Å²) in [6, 6.07) is 0. The second-order valence-electron chi connectivity index (χ2n) is 5.40. The van der Waals surface area contributed by atoms with Gasteiger partial charge in [0, 0.05) is 25.4 Å². The molecule has 0 aromatic carbocycles. The van der Waals surface area contributed by atoms with Crippen molar-refractivity contribution < 1.29 is 4.79 Å². The summed E-state index contributed by atoms with van der Waals surface area (Å²) in [5.74, 6) is 0.464. The SMILES string of the molecule is O=C(C1CCc2n[nH]nc2C1)N1CCCCCC1. The molecule has 18 heavy (non-hydrogen) atoms. The number of H-pyrrole nitrogens is 1. The summed E-state index contributed by atoms with van der Waals surface area (Å²) in [7, 11) is 0. The molecule has 1 atom stereocenters. The van der Waals surface area contributed by atoms with Gasteiger partial charge in [0.25, 0.3) is 0 Å². The zero-order chi connectivity index (χ0) is 12.4. The van der Waals surface area contributed by atoms with Gasteiger partial charge in [-0.3, -0.25) is 4.79 Å². The highest BCUT2D eigenvalue weighted by Gasteiger charge is 2.30. The molecule has 0 saturated carbocycles. The predicted octanol–water partition coefficient (Wildman–Crippen LogP) is 1.31. The molecule has 0 bridgehead atoms. The summed E-state index contributed by atoms with van der Waals surface area (Å²) in [5.41, 5.74) is 2.05. The quantitative estimate of drug-likeness (QED) is 0.815. The molecule has 0 spiro atoms. The number of likely N-dealkylation sites (tertiary alicyclic amines) is 1. The van der Waals surface area contributed by atoms with Crippen LogP contribution in [0.1, 0.15) is 43.5 Å². The van der Waals surface area contributed by atoms with Crippen molar-refractivity contribution in [1.29, 1.82) is 0 Å². The highest BCUT2D eigenvalue weighted by atomic mass is 16.2. The molecule has 1 saturated heterocycles. The lowest BCUT2D eigenvalue weighted by molar-refractivity contribution is -0.135. The van der Waals surface area contributed by atoms with Gasteiger partial charge >= 0.3 is 0 Å². The molecule has 98 valence electrons. The summed E-state index contributed by atoms with van der Waals surface area (Å²) in [4.78, 5) is 14.6. The largest absolute Gasteiger partial charge is 0.342 e. The zero-order valence-corrected chi connectivity index (χ0v) is 10.7. The third-order valence-corrected chi connectivity index (χ3v) is 4.14. The van der Waals surface area contributed by atoms with E-state index in [-0.39, 0.29) is 5.92 Å².